The van der Waals surface area contributed by atoms with E-state index in [2.05, 4.69) is 15.9 Å². The summed E-state index contributed by atoms with van der Waals surface area (Å²) in [5.74, 6) is 0.341. The second-order valence-electron chi connectivity index (χ2n) is 3.01. The van der Waals surface area contributed by atoms with E-state index in [9.17, 15) is 4.21 Å². The highest BCUT2D eigenvalue weighted by Gasteiger charge is 2.12. The van der Waals surface area contributed by atoms with Crippen LogP contribution in [-0.4, -0.2) is 21.7 Å². The molecule has 1 aromatic rings. The Morgan fingerprint density at radius 1 is 1.57 bits per heavy atom. The summed E-state index contributed by atoms with van der Waals surface area (Å²) >= 11 is 3.37. The SMILES string of the molecule is CC(c1cccc(Br)c1)S(=O)CCO. The number of benzene rings is 1. The molecule has 0 aliphatic carbocycles. The molecule has 0 saturated heterocycles. The van der Waals surface area contributed by atoms with Gasteiger partial charge in [-0.15, -0.1) is 0 Å². The Labute approximate surface area is 94.9 Å². The standard InChI is InChI=1S/C10H13BrO2S/c1-8(14(13)6-5-12)9-3-2-4-10(11)7-9/h2-4,7-8,12H,5-6H2,1H3. The van der Waals surface area contributed by atoms with Crippen molar-refractivity contribution in [3.05, 3.63) is 34.3 Å². The van der Waals surface area contributed by atoms with Crippen molar-refractivity contribution in [1.29, 1.82) is 0 Å². The predicted octanol–water partition coefficient (Wildman–Crippen LogP) is 2.25. The number of halogens is 1. The van der Waals surface area contributed by atoms with Crippen LogP contribution in [0.1, 0.15) is 17.7 Å². The lowest BCUT2D eigenvalue weighted by Gasteiger charge is -2.10. The van der Waals surface area contributed by atoms with E-state index in [0.717, 1.165) is 10.0 Å². The van der Waals surface area contributed by atoms with E-state index >= 15 is 0 Å². The Hall–Kier alpha value is -0.190. The molecule has 0 spiro atoms. The van der Waals surface area contributed by atoms with Crippen molar-refractivity contribution in [2.24, 2.45) is 0 Å². The second-order valence-corrected chi connectivity index (χ2v) is 5.80. The minimum atomic E-state index is -0.995. The first kappa shape index (κ1) is 11.9. The molecule has 0 aliphatic heterocycles. The Balaban J connectivity index is 2.78. The predicted molar refractivity (Wildman–Crippen MR) is 62.7 cm³/mol. The first-order valence-electron chi connectivity index (χ1n) is 4.38. The fraction of sp³-hybridized carbons (Fsp3) is 0.400. The van der Waals surface area contributed by atoms with Crippen LogP contribution < -0.4 is 0 Å². The minimum absolute atomic E-state index is 0.0229. The van der Waals surface area contributed by atoms with Gasteiger partial charge in [-0.2, -0.15) is 0 Å². The number of rotatable bonds is 4. The van der Waals surface area contributed by atoms with Gasteiger partial charge in [-0.1, -0.05) is 28.1 Å². The van der Waals surface area contributed by atoms with E-state index in [1.54, 1.807) is 0 Å². The number of hydrogen-bond donors (Lipinski definition) is 1. The quantitative estimate of drug-likeness (QED) is 0.916. The van der Waals surface area contributed by atoms with Crippen LogP contribution in [0.25, 0.3) is 0 Å². The zero-order valence-electron chi connectivity index (χ0n) is 7.94. The lowest BCUT2D eigenvalue weighted by Crippen LogP contribution is -2.09. The molecule has 0 fully saturated rings. The van der Waals surface area contributed by atoms with Crippen molar-refractivity contribution in [2.75, 3.05) is 12.4 Å². The van der Waals surface area contributed by atoms with Gasteiger partial charge in [-0.05, 0) is 24.6 Å². The highest BCUT2D eigenvalue weighted by molar-refractivity contribution is 9.10. The third-order valence-corrected chi connectivity index (χ3v) is 4.14. The molecule has 4 heteroatoms. The van der Waals surface area contributed by atoms with Gasteiger partial charge in [0.25, 0.3) is 0 Å². The Morgan fingerprint density at radius 2 is 2.29 bits per heavy atom. The van der Waals surface area contributed by atoms with Gasteiger partial charge in [-0.25, -0.2) is 0 Å². The molecule has 1 aromatic carbocycles. The first-order chi connectivity index (χ1) is 6.65. The van der Waals surface area contributed by atoms with Crippen molar-refractivity contribution in [3.8, 4) is 0 Å². The van der Waals surface area contributed by atoms with Crippen LogP contribution in [0.4, 0.5) is 0 Å². The summed E-state index contributed by atoms with van der Waals surface area (Å²) in [6.45, 7) is 1.89. The molecule has 2 atom stereocenters. The Morgan fingerprint density at radius 3 is 2.86 bits per heavy atom. The van der Waals surface area contributed by atoms with Crippen LogP contribution in [0.5, 0.6) is 0 Å². The fourth-order valence-electron chi connectivity index (χ4n) is 1.18. The Bertz CT molecular complexity index is 328. The molecule has 0 radical (unpaired) electrons. The maximum Gasteiger partial charge on any atom is 0.0570 e. The first-order valence-corrected chi connectivity index (χ1v) is 6.56. The highest BCUT2D eigenvalue weighted by Crippen LogP contribution is 2.22. The van der Waals surface area contributed by atoms with Gasteiger partial charge >= 0.3 is 0 Å². The molecular formula is C10H13BrO2S. The van der Waals surface area contributed by atoms with E-state index in [1.807, 2.05) is 31.2 Å². The molecule has 2 unspecified atom stereocenters. The molecule has 1 rings (SSSR count). The summed E-state index contributed by atoms with van der Waals surface area (Å²) < 4.78 is 12.6. The highest BCUT2D eigenvalue weighted by atomic mass is 79.9. The summed E-state index contributed by atoms with van der Waals surface area (Å²) in [6, 6.07) is 7.77. The molecule has 0 aliphatic rings. The zero-order valence-corrected chi connectivity index (χ0v) is 10.3. The molecule has 2 nitrogen and oxygen atoms in total. The molecule has 0 heterocycles. The van der Waals surface area contributed by atoms with Gasteiger partial charge in [0.2, 0.25) is 0 Å². The molecular weight excluding hydrogens is 264 g/mol. The van der Waals surface area contributed by atoms with Crippen molar-refractivity contribution in [1.82, 2.24) is 0 Å². The van der Waals surface area contributed by atoms with Gasteiger partial charge in [0, 0.05) is 21.0 Å². The van der Waals surface area contributed by atoms with Crippen LogP contribution >= 0.6 is 15.9 Å². The summed E-state index contributed by atoms with van der Waals surface area (Å²) in [6.07, 6.45) is 0. The third kappa shape index (κ3) is 3.19. The van der Waals surface area contributed by atoms with E-state index in [4.69, 9.17) is 5.11 Å². The van der Waals surface area contributed by atoms with E-state index in [-0.39, 0.29) is 11.9 Å². The van der Waals surface area contributed by atoms with Crippen molar-refractivity contribution >= 4 is 26.7 Å². The van der Waals surface area contributed by atoms with Gasteiger partial charge in [-0.3, -0.25) is 4.21 Å². The zero-order chi connectivity index (χ0) is 10.6. The van der Waals surface area contributed by atoms with Crippen molar-refractivity contribution in [2.45, 2.75) is 12.2 Å². The van der Waals surface area contributed by atoms with E-state index in [1.165, 1.54) is 0 Å². The molecule has 0 amide bonds. The van der Waals surface area contributed by atoms with Crippen LogP contribution in [0, 0.1) is 0 Å². The number of hydrogen-bond acceptors (Lipinski definition) is 2. The van der Waals surface area contributed by atoms with Gasteiger partial charge in [0.15, 0.2) is 0 Å². The molecule has 1 N–H and O–H groups in total. The normalized spacial score (nSPS) is 15.1. The van der Waals surface area contributed by atoms with Crippen LogP contribution in [-0.2, 0) is 10.8 Å². The molecule has 0 bridgehead atoms. The average Bonchev–Trinajstić information content (AvgIpc) is 2.17. The summed E-state index contributed by atoms with van der Waals surface area (Å²) in [5.41, 5.74) is 1.03. The maximum absolute atomic E-state index is 11.6. The summed E-state index contributed by atoms with van der Waals surface area (Å²) in [7, 11) is -0.995. The maximum atomic E-state index is 11.6. The van der Waals surface area contributed by atoms with Gasteiger partial charge < -0.3 is 5.11 Å². The van der Waals surface area contributed by atoms with Crippen molar-refractivity contribution in [3.63, 3.8) is 0 Å². The molecule has 78 valence electrons. The minimum Gasteiger partial charge on any atom is -0.395 e. The van der Waals surface area contributed by atoms with Crippen LogP contribution in [0.3, 0.4) is 0 Å². The van der Waals surface area contributed by atoms with E-state index < -0.39 is 10.8 Å². The van der Waals surface area contributed by atoms with Crippen molar-refractivity contribution < 1.29 is 9.32 Å². The number of aliphatic hydroxyl groups is 1. The topological polar surface area (TPSA) is 37.3 Å². The largest absolute Gasteiger partial charge is 0.395 e. The molecule has 0 aromatic heterocycles. The second kappa shape index (κ2) is 5.63. The van der Waals surface area contributed by atoms with Gasteiger partial charge in [0.1, 0.15) is 0 Å². The van der Waals surface area contributed by atoms with Crippen LogP contribution in [0.15, 0.2) is 28.7 Å². The molecule has 0 saturated carbocycles. The smallest absolute Gasteiger partial charge is 0.0570 e. The fourth-order valence-corrected chi connectivity index (χ4v) is 2.58. The summed E-state index contributed by atoms with van der Waals surface area (Å²) in [5, 5.41) is 8.66. The lowest BCUT2D eigenvalue weighted by atomic mass is 10.2. The molecule has 14 heavy (non-hydrogen) atoms. The summed E-state index contributed by atoms with van der Waals surface area (Å²) in [4.78, 5) is 0. The van der Waals surface area contributed by atoms with Gasteiger partial charge in [0.05, 0.1) is 11.9 Å². The monoisotopic (exact) mass is 276 g/mol. The Kier molecular flexibility index (Phi) is 4.78. The van der Waals surface area contributed by atoms with Crippen LogP contribution in [0.2, 0.25) is 0 Å². The third-order valence-electron chi connectivity index (χ3n) is 2.00. The average molecular weight is 277 g/mol. The lowest BCUT2D eigenvalue weighted by molar-refractivity contribution is 0.321. The van der Waals surface area contributed by atoms with E-state index in [0.29, 0.717) is 5.75 Å². The number of aliphatic hydroxyl groups excluding tert-OH is 1.